The van der Waals surface area contributed by atoms with Crippen molar-refractivity contribution in [3.63, 3.8) is 0 Å². The fraction of sp³-hybridized carbons (Fsp3) is 0.273. The molecule has 0 aliphatic carbocycles. The number of aromatic nitrogens is 3. The molecule has 0 unspecified atom stereocenters. The van der Waals surface area contributed by atoms with E-state index in [1.54, 1.807) is 30.1 Å². The number of pyridine rings is 1. The second-order valence-corrected chi connectivity index (χ2v) is 3.82. The maximum Gasteiger partial charge on any atom is 0.149 e. The summed E-state index contributed by atoms with van der Waals surface area (Å²) in [6.07, 6.45) is 1.60. The largest absolute Gasteiger partial charge is 0.382 e. The zero-order chi connectivity index (χ0) is 13.1. The Morgan fingerprint density at radius 3 is 3.19 bits per heavy atom. The Labute approximate surface area is 96.3 Å². The second kappa shape index (κ2) is 2.98. The van der Waals surface area contributed by atoms with E-state index < -0.39 is 6.50 Å². The molecule has 0 spiro atoms. The van der Waals surface area contributed by atoms with E-state index in [0.29, 0.717) is 17.2 Å². The monoisotopic (exact) mass is 217 g/mol. The van der Waals surface area contributed by atoms with Crippen LogP contribution in [0.5, 0.6) is 0 Å². The van der Waals surface area contributed by atoms with Gasteiger partial charge in [-0.15, -0.1) is 0 Å². The van der Waals surface area contributed by atoms with Crippen molar-refractivity contribution in [2.75, 3.05) is 17.7 Å². The highest BCUT2D eigenvalue weighted by molar-refractivity contribution is 5.75. The van der Waals surface area contributed by atoms with Crippen molar-refractivity contribution < 1.29 is 2.74 Å². The number of nitrogens with two attached hydrogens (primary N) is 1. The van der Waals surface area contributed by atoms with Crippen LogP contribution in [0.2, 0.25) is 0 Å². The van der Waals surface area contributed by atoms with E-state index in [2.05, 4.69) is 10.1 Å². The molecule has 0 aromatic carbocycles. The molecule has 3 heterocycles. The highest BCUT2D eigenvalue weighted by Gasteiger charge is 2.23. The van der Waals surface area contributed by atoms with E-state index >= 15 is 0 Å². The lowest BCUT2D eigenvalue weighted by Crippen LogP contribution is -2.27. The molecule has 2 aromatic rings. The van der Waals surface area contributed by atoms with Crippen LogP contribution in [0.1, 0.15) is 14.1 Å². The molecule has 3 rings (SSSR count). The summed E-state index contributed by atoms with van der Waals surface area (Å²) in [6, 6.07) is 3.53. The third-order valence-corrected chi connectivity index (χ3v) is 2.61. The molecule has 0 bridgehead atoms. The van der Waals surface area contributed by atoms with Gasteiger partial charge in [-0.05, 0) is 19.1 Å². The Morgan fingerprint density at radius 2 is 2.38 bits per heavy atom. The molecule has 2 aromatic heterocycles. The van der Waals surface area contributed by atoms with Gasteiger partial charge in [-0.3, -0.25) is 0 Å². The topological polar surface area (TPSA) is 60.0 Å². The fourth-order valence-electron chi connectivity index (χ4n) is 1.96. The zero-order valence-electron chi connectivity index (χ0n) is 11.1. The summed E-state index contributed by atoms with van der Waals surface area (Å²) in [5.41, 5.74) is 8.45. The van der Waals surface area contributed by atoms with E-state index in [0.717, 1.165) is 11.4 Å². The zero-order valence-corrected chi connectivity index (χ0v) is 9.10. The van der Waals surface area contributed by atoms with E-state index in [4.69, 9.17) is 8.48 Å². The maximum absolute atomic E-state index is 8.20. The Balaban J connectivity index is 2.40. The molecule has 0 amide bonds. The van der Waals surface area contributed by atoms with E-state index in [1.807, 2.05) is 6.92 Å². The molecule has 0 fully saturated rings. The van der Waals surface area contributed by atoms with Crippen molar-refractivity contribution >= 4 is 11.5 Å². The average molecular weight is 217 g/mol. The number of fused-ring (bicyclic) bond motifs is 3. The van der Waals surface area contributed by atoms with Gasteiger partial charge in [0.2, 0.25) is 0 Å². The predicted molar refractivity (Wildman–Crippen MR) is 62.6 cm³/mol. The number of hydrogen-bond acceptors (Lipinski definition) is 4. The molecule has 1 aliphatic rings. The van der Waals surface area contributed by atoms with Crippen LogP contribution >= 0.6 is 0 Å². The predicted octanol–water partition coefficient (Wildman–Crippen LogP) is 1.11. The number of hydrogen-bond donors (Lipinski definition) is 1. The van der Waals surface area contributed by atoms with Gasteiger partial charge in [0.15, 0.2) is 0 Å². The minimum absolute atomic E-state index is 0.303. The Bertz CT molecular complexity index is 634. The summed E-state index contributed by atoms with van der Waals surface area (Å²) in [7, 11) is 1.67. The SMILES string of the molecule is [2H]C1([2H])c2cc(C)nn2-c2ccnc(N)c2N1C. The molecule has 2 N–H and O–H groups in total. The average Bonchev–Trinajstić information content (AvgIpc) is 2.69. The molecule has 0 radical (unpaired) electrons. The van der Waals surface area contributed by atoms with E-state index in [1.165, 1.54) is 4.90 Å². The van der Waals surface area contributed by atoms with Gasteiger partial charge < -0.3 is 10.6 Å². The lowest BCUT2D eigenvalue weighted by Gasteiger charge is -2.28. The normalized spacial score (nSPS) is 18.5. The van der Waals surface area contributed by atoms with Crippen molar-refractivity contribution in [1.82, 2.24) is 14.8 Å². The van der Waals surface area contributed by atoms with Gasteiger partial charge in [0.05, 0.1) is 26.3 Å². The highest BCUT2D eigenvalue weighted by Crippen LogP contribution is 2.33. The number of aryl methyl sites for hydroxylation is 1. The molecule has 0 saturated carbocycles. The maximum atomic E-state index is 8.20. The van der Waals surface area contributed by atoms with Gasteiger partial charge in [0.25, 0.3) is 0 Å². The summed E-state index contributed by atoms with van der Waals surface area (Å²) in [4.78, 5) is 5.52. The first-order valence-electron chi connectivity index (χ1n) is 5.99. The van der Waals surface area contributed by atoms with Crippen LogP contribution in [-0.2, 0) is 6.50 Å². The Kier molecular flexibility index (Phi) is 1.35. The molecule has 1 aliphatic heterocycles. The van der Waals surface area contributed by atoms with Crippen LogP contribution in [-0.4, -0.2) is 21.8 Å². The third-order valence-electron chi connectivity index (χ3n) is 2.61. The van der Waals surface area contributed by atoms with Gasteiger partial charge >= 0.3 is 0 Å². The van der Waals surface area contributed by atoms with Crippen molar-refractivity contribution in [3.05, 3.63) is 29.7 Å². The van der Waals surface area contributed by atoms with Gasteiger partial charge in [-0.2, -0.15) is 5.10 Å². The number of nitrogens with zero attached hydrogens (tertiary/aromatic N) is 4. The second-order valence-electron chi connectivity index (χ2n) is 3.82. The Hall–Kier alpha value is -2.04. The van der Waals surface area contributed by atoms with Gasteiger partial charge in [-0.25, -0.2) is 9.67 Å². The van der Waals surface area contributed by atoms with Crippen LogP contribution < -0.4 is 10.6 Å². The quantitative estimate of drug-likeness (QED) is 0.718. The van der Waals surface area contributed by atoms with Gasteiger partial charge in [0.1, 0.15) is 11.5 Å². The molecule has 82 valence electrons. The van der Waals surface area contributed by atoms with Crippen molar-refractivity contribution in [3.8, 4) is 5.69 Å². The van der Waals surface area contributed by atoms with Crippen LogP contribution in [0, 0.1) is 6.92 Å². The van der Waals surface area contributed by atoms with E-state index in [9.17, 15) is 0 Å². The van der Waals surface area contributed by atoms with Crippen LogP contribution in [0.15, 0.2) is 18.3 Å². The summed E-state index contributed by atoms with van der Waals surface area (Å²) in [5, 5.41) is 4.33. The first kappa shape index (κ1) is 7.27. The molecule has 5 nitrogen and oxygen atoms in total. The number of rotatable bonds is 0. The molecule has 5 heteroatoms. The van der Waals surface area contributed by atoms with Crippen LogP contribution in [0.3, 0.4) is 0 Å². The molecule has 16 heavy (non-hydrogen) atoms. The summed E-state index contributed by atoms with van der Waals surface area (Å²) in [5.74, 6) is 0.303. The highest BCUT2D eigenvalue weighted by atomic mass is 15.3. The minimum Gasteiger partial charge on any atom is -0.382 e. The summed E-state index contributed by atoms with van der Waals surface area (Å²) in [6.45, 7) is 0.178. The van der Waals surface area contributed by atoms with Gasteiger partial charge in [-0.1, -0.05) is 0 Å². The van der Waals surface area contributed by atoms with Crippen molar-refractivity contribution in [2.45, 2.75) is 13.4 Å². The first-order valence-corrected chi connectivity index (χ1v) is 4.99. The molecule has 0 atom stereocenters. The molecular weight excluding hydrogens is 202 g/mol. The number of nitrogen functional groups attached to an aromatic ring is 1. The lowest BCUT2D eigenvalue weighted by atomic mass is 10.2. The lowest BCUT2D eigenvalue weighted by molar-refractivity contribution is 0.734. The van der Waals surface area contributed by atoms with Crippen LogP contribution in [0.25, 0.3) is 5.69 Å². The van der Waals surface area contributed by atoms with Crippen molar-refractivity contribution in [1.29, 1.82) is 0 Å². The summed E-state index contributed by atoms with van der Waals surface area (Å²) < 4.78 is 18.0. The van der Waals surface area contributed by atoms with Gasteiger partial charge in [0, 0.05) is 13.2 Å². The first-order chi connectivity index (χ1) is 8.43. The van der Waals surface area contributed by atoms with Crippen molar-refractivity contribution in [2.24, 2.45) is 0 Å². The smallest absolute Gasteiger partial charge is 0.149 e. The standard InChI is InChI=1S/C11H13N5/c1-7-5-8-6-15(2)10-9(16(8)14-7)3-4-13-11(10)12/h3-5H,6H2,1-2H3,(H2,12,13)/i6D2. The van der Waals surface area contributed by atoms with E-state index in [-0.39, 0.29) is 0 Å². The minimum atomic E-state index is -1.66. The number of anilines is 2. The molecular formula is C11H13N5. The Morgan fingerprint density at radius 1 is 1.56 bits per heavy atom. The summed E-state index contributed by atoms with van der Waals surface area (Å²) >= 11 is 0. The van der Waals surface area contributed by atoms with Crippen LogP contribution in [0.4, 0.5) is 11.5 Å². The fourth-order valence-corrected chi connectivity index (χ4v) is 1.96. The molecule has 0 saturated heterocycles. The third kappa shape index (κ3) is 1.11.